The van der Waals surface area contributed by atoms with Crippen LogP contribution in [0.3, 0.4) is 0 Å². The number of aryl methyl sites for hydroxylation is 2. The highest BCUT2D eigenvalue weighted by Gasteiger charge is 2.34. The van der Waals surface area contributed by atoms with E-state index in [-0.39, 0.29) is 5.91 Å². The molecule has 32 heavy (non-hydrogen) atoms. The second-order valence-corrected chi connectivity index (χ2v) is 10.7. The highest BCUT2D eigenvalue weighted by molar-refractivity contribution is 14.1. The van der Waals surface area contributed by atoms with Crippen molar-refractivity contribution in [3.8, 4) is 5.75 Å². The SMILES string of the molecule is COc1c(I)cc(/C=C2/SC(=Nc3ccc(C)cc3)N(c3ccc(C)cc3)C2=O)cc1I. The summed E-state index contributed by atoms with van der Waals surface area (Å²) in [6.07, 6.45) is 1.93. The molecule has 0 saturated carbocycles. The molecule has 7 heteroatoms. The minimum Gasteiger partial charge on any atom is -0.495 e. The third kappa shape index (κ3) is 5.04. The number of carbonyl (C=O) groups is 1. The van der Waals surface area contributed by atoms with Crippen molar-refractivity contribution >= 4 is 85.5 Å². The Balaban J connectivity index is 1.77. The molecule has 1 heterocycles. The van der Waals surface area contributed by atoms with Crippen LogP contribution in [0.4, 0.5) is 11.4 Å². The highest BCUT2D eigenvalue weighted by Crippen LogP contribution is 2.38. The lowest BCUT2D eigenvalue weighted by Gasteiger charge is -2.16. The predicted molar refractivity (Wildman–Crippen MR) is 151 cm³/mol. The Morgan fingerprint density at radius 2 is 1.50 bits per heavy atom. The first-order valence-electron chi connectivity index (χ1n) is 9.85. The molecule has 0 bridgehead atoms. The van der Waals surface area contributed by atoms with E-state index >= 15 is 0 Å². The van der Waals surface area contributed by atoms with Gasteiger partial charge in [-0.15, -0.1) is 0 Å². The Bertz CT molecular complexity index is 1210. The molecular weight excluding hydrogens is 646 g/mol. The summed E-state index contributed by atoms with van der Waals surface area (Å²) in [5.41, 5.74) is 4.89. The van der Waals surface area contributed by atoms with E-state index in [4.69, 9.17) is 9.73 Å². The first kappa shape index (κ1) is 23.3. The normalized spacial score (nSPS) is 16.3. The van der Waals surface area contributed by atoms with Crippen molar-refractivity contribution in [2.24, 2.45) is 4.99 Å². The van der Waals surface area contributed by atoms with Crippen LogP contribution in [0.2, 0.25) is 0 Å². The van der Waals surface area contributed by atoms with Crippen molar-refractivity contribution in [2.45, 2.75) is 13.8 Å². The molecule has 1 aliphatic rings. The maximum absolute atomic E-state index is 13.5. The molecule has 0 aromatic heterocycles. The molecule has 1 aliphatic heterocycles. The fraction of sp³-hybridized carbons (Fsp3) is 0.120. The zero-order valence-corrected chi connectivity index (χ0v) is 22.9. The van der Waals surface area contributed by atoms with Crippen LogP contribution in [0.1, 0.15) is 16.7 Å². The number of hydrogen-bond donors (Lipinski definition) is 0. The molecule has 0 atom stereocenters. The van der Waals surface area contributed by atoms with Gasteiger partial charge in [-0.25, -0.2) is 4.99 Å². The molecule has 0 unspecified atom stereocenters. The summed E-state index contributed by atoms with van der Waals surface area (Å²) in [5, 5.41) is 0.645. The Labute approximate surface area is 219 Å². The van der Waals surface area contributed by atoms with Crippen LogP contribution in [0.15, 0.2) is 70.6 Å². The fourth-order valence-electron chi connectivity index (χ4n) is 3.21. The topological polar surface area (TPSA) is 41.9 Å². The van der Waals surface area contributed by atoms with Crippen LogP contribution in [0, 0.1) is 21.0 Å². The summed E-state index contributed by atoms with van der Waals surface area (Å²) >= 11 is 5.91. The Morgan fingerprint density at radius 1 is 0.938 bits per heavy atom. The standard InChI is InChI=1S/C25H20I2N2O2S/c1-15-4-8-18(9-5-15)28-25-29(19-10-6-16(2)7-11-19)24(30)22(32-25)14-17-12-20(26)23(31-3)21(27)13-17/h4-14H,1-3H3/b22-14+,28-25?. The van der Waals surface area contributed by atoms with Gasteiger partial charge >= 0.3 is 0 Å². The number of amides is 1. The van der Waals surface area contributed by atoms with Gasteiger partial charge in [-0.05, 0) is 119 Å². The third-order valence-electron chi connectivity index (χ3n) is 4.88. The van der Waals surface area contributed by atoms with Gasteiger partial charge in [0.2, 0.25) is 0 Å². The number of benzene rings is 3. The summed E-state index contributed by atoms with van der Waals surface area (Å²) in [4.78, 5) is 20.6. The van der Waals surface area contributed by atoms with E-state index in [0.717, 1.165) is 35.4 Å². The van der Waals surface area contributed by atoms with Crippen LogP contribution in [-0.4, -0.2) is 18.2 Å². The third-order valence-corrected chi connectivity index (χ3v) is 7.45. The van der Waals surface area contributed by atoms with E-state index < -0.39 is 0 Å². The maximum Gasteiger partial charge on any atom is 0.271 e. The summed E-state index contributed by atoms with van der Waals surface area (Å²) in [5.74, 6) is 0.771. The molecule has 4 nitrogen and oxygen atoms in total. The number of anilines is 1. The Morgan fingerprint density at radius 3 is 2.06 bits per heavy atom. The lowest BCUT2D eigenvalue weighted by Crippen LogP contribution is -2.28. The second-order valence-electron chi connectivity index (χ2n) is 7.33. The highest BCUT2D eigenvalue weighted by atomic mass is 127. The van der Waals surface area contributed by atoms with Crippen LogP contribution in [0.25, 0.3) is 6.08 Å². The lowest BCUT2D eigenvalue weighted by atomic mass is 10.2. The maximum atomic E-state index is 13.5. The molecule has 0 radical (unpaired) electrons. The van der Waals surface area contributed by atoms with E-state index in [1.54, 1.807) is 12.0 Å². The zero-order valence-electron chi connectivity index (χ0n) is 17.7. The summed E-state index contributed by atoms with van der Waals surface area (Å²) < 4.78 is 7.47. The van der Waals surface area contributed by atoms with Gasteiger partial charge in [0.05, 0.1) is 30.5 Å². The molecule has 0 aliphatic carbocycles. The Hall–Kier alpha value is -1.85. The average Bonchev–Trinajstić information content (AvgIpc) is 3.05. The number of nitrogens with zero attached hydrogens (tertiary/aromatic N) is 2. The molecule has 3 aromatic rings. The molecule has 1 amide bonds. The molecular formula is C25H20I2N2O2S. The van der Waals surface area contributed by atoms with Gasteiger partial charge in [0, 0.05) is 0 Å². The smallest absolute Gasteiger partial charge is 0.271 e. The van der Waals surface area contributed by atoms with Crippen LogP contribution >= 0.6 is 56.9 Å². The molecule has 3 aromatic carbocycles. The monoisotopic (exact) mass is 666 g/mol. The first-order valence-corrected chi connectivity index (χ1v) is 12.8. The van der Waals surface area contributed by atoms with Crippen LogP contribution in [0.5, 0.6) is 5.75 Å². The van der Waals surface area contributed by atoms with Gasteiger partial charge in [-0.1, -0.05) is 35.4 Å². The van der Waals surface area contributed by atoms with E-state index in [0.29, 0.717) is 10.1 Å². The van der Waals surface area contributed by atoms with Crippen molar-refractivity contribution in [1.82, 2.24) is 0 Å². The van der Waals surface area contributed by atoms with E-state index in [2.05, 4.69) is 45.2 Å². The first-order chi connectivity index (χ1) is 15.4. The van der Waals surface area contributed by atoms with Crippen molar-refractivity contribution in [3.05, 3.63) is 89.4 Å². The number of halogens is 2. The number of rotatable bonds is 4. The summed E-state index contributed by atoms with van der Waals surface area (Å²) in [6, 6.07) is 20.0. The quantitative estimate of drug-likeness (QED) is 0.217. The van der Waals surface area contributed by atoms with E-state index in [1.807, 2.05) is 80.6 Å². The molecule has 162 valence electrons. The van der Waals surface area contributed by atoms with E-state index in [1.165, 1.54) is 17.3 Å². The lowest BCUT2D eigenvalue weighted by molar-refractivity contribution is -0.113. The number of hydrogen-bond acceptors (Lipinski definition) is 4. The zero-order chi connectivity index (χ0) is 22.8. The van der Waals surface area contributed by atoms with Gasteiger partial charge in [0.1, 0.15) is 5.75 Å². The van der Waals surface area contributed by atoms with Gasteiger partial charge in [0.15, 0.2) is 5.17 Å². The van der Waals surface area contributed by atoms with Crippen molar-refractivity contribution < 1.29 is 9.53 Å². The predicted octanol–water partition coefficient (Wildman–Crippen LogP) is 7.33. The number of thioether (sulfide) groups is 1. The molecule has 1 fully saturated rings. The Kier molecular flexibility index (Phi) is 7.26. The van der Waals surface area contributed by atoms with Gasteiger partial charge in [0.25, 0.3) is 5.91 Å². The van der Waals surface area contributed by atoms with Crippen LogP contribution < -0.4 is 9.64 Å². The van der Waals surface area contributed by atoms with E-state index in [9.17, 15) is 4.79 Å². The number of carbonyl (C=O) groups excluding carboxylic acids is 1. The minimum absolute atomic E-state index is 0.0782. The van der Waals surface area contributed by atoms with Gasteiger partial charge < -0.3 is 4.74 Å². The van der Waals surface area contributed by atoms with Crippen molar-refractivity contribution in [2.75, 3.05) is 12.0 Å². The van der Waals surface area contributed by atoms with Gasteiger partial charge in [-0.3, -0.25) is 9.69 Å². The molecule has 0 spiro atoms. The minimum atomic E-state index is -0.0782. The van der Waals surface area contributed by atoms with Crippen LogP contribution in [-0.2, 0) is 4.79 Å². The van der Waals surface area contributed by atoms with Crippen molar-refractivity contribution in [3.63, 3.8) is 0 Å². The molecule has 0 N–H and O–H groups in total. The molecule has 1 saturated heterocycles. The molecule has 4 rings (SSSR count). The second kappa shape index (κ2) is 9.96. The number of amidine groups is 1. The number of ether oxygens (including phenoxy) is 1. The average molecular weight is 666 g/mol. The number of methoxy groups -OCH3 is 1. The number of aliphatic imine (C=N–C) groups is 1. The summed E-state index contributed by atoms with van der Waals surface area (Å²) in [6.45, 7) is 4.08. The van der Waals surface area contributed by atoms with Gasteiger partial charge in [-0.2, -0.15) is 0 Å². The summed E-state index contributed by atoms with van der Waals surface area (Å²) in [7, 11) is 1.67. The van der Waals surface area contributed by atoms with Crippen molar-refractivity contribution in [1.29, 1.82) is 0 Å². The largest absolute Gasteiger partial charge is 0.495 e. The fourth-order valence-corrected chi connectivity index (χ4v) is 6.47.